The summed E-state index contributed by atoms with van der Waals surface area (Å²) in [6.07, 6.45) is 2.04. The molecule has 0 spiro atoms. The van der Waals surface area contributed by atoms with E-state index in [0.29, 0.717) is 31.1 Å². The monoisotopic (exact) mass is 315 g/mol. The van der Waals surface area contributed by atoms with Crippen molar-refractivity contribution in [3.8, 4) is 5.75 Å². The molecule has 0 unspecified atom stereocenters. The Kier molecular flexibility index (Phi) is 4.60. The molecule has 1 aromatic heterocycles. The minimum atomic E-state index is 0.159. The molecular formula is C17H21N3O3. The van der Waals surface area contributed by atoms with Gasteiger partial charge in [-0.15, -0.1) is 0 Å². The average molecular weight is 315 g/mol. The van der Waals surface area contributed by atoms with Crippen molar-refractivity contribution in [2.45, 2.75) is 32.1 Å². The molecule has 0 aliphatic carbocycles. The maximum absolute atomic E-state index is 12.4. The zero-order valence-corrected chi connectivity index (χ0v) is 13.5. The van der Waals surface area contributed by atoms with Crippen molar-refractivity contribution < 1.29 is 14.1 Å². The van der Waals surface area contributed by atoms with E-state index in [4.69, 9.17) is 9.26 Å². The van der Waals surface area contributed by atoms with Gasteiger partial charge in [0.05, 0.1) is 13.0 Å². The second-order valence-corrected chi connectivity index (χ2v) is 5.82. The van der Waals surface area contributed by atoms with E-state index in [1.807, 2.05) is 29.2 Å². The number of amides is 1. The Labute approximate surface area is 135 Å². The molecule has 6 nitrogen and oxygen atoms in total. The van der Waals surface area contributed by atoms with Gasteiger partial charge in [0.25, 0.3) is 0 Å². The number of carbonyl (C=O) groups is 1. The number of hydrogen-bond acceptors (Lipinski definition) is 5. The largest absolute Gasteiger partial charge is 0.496 e. The summed E-state index contributed by atoms with van der Waals surface area (Å²) in [7, 11) is 1.65. The Bertz CT molecular complexity index is 683. The Morgan fingerprint density at radius 2 is 2.26 bits per heavy atom. The highest BCUT2D eigenvalue weighted by Crippen LogP contribution is 2.27. The highest BCUT2D eigenvalue weighted by Gasteiger charge is 2.30. The van der Waals surface area contributed by atoms with Crippen LogP contribution < -0.4 is 4.74 Å². The number of para-hydroxylation sites is 1. The second kappa shape index (κ2) is 6.81. The van der Waals surface area contributed by atoms with Gasteiger partial charge in [-0.25, -0.2) is 0 Å². The molecular weight excluding hydrogens is 294 g/mol. The van der Waals surface area contributed by atoms with Crippen molar-refractivity contribution in [2.24, 2.45) is 0 Å². The molecule has 1 aliphatic rings. The molecule has 1 aromatic carbocycles. The Morgan fingerprint density at radius 3 is 3.00 bits per heavy atom. The lowest BCUT2D eigenvalue weighted by Gasteiger charge is -2.16. The molecule has 23 heavy (non-hydrogen) atoms. The molecule has 0 saturated carbocycles. The number of carbonyl (C=O) groups excluding carboxylic acids is 1. The molecule has 1 atom stereocenters. The topological polar surface area (TPSA) is 68.5 Å². The summed E-state index contributed by atoms with van der Waals surface area (Å²) in [5, 5.41) is 3.82. The van der Waals surface area contributed by atoms with Crippen LogP contribution >= 0.6 is 0 Å². The smallest absolute Gasteiger partial charge is 0.231 e. The van der Waals surface area contributed by atoms with Gasteiger partial charge < -0.3 is 14.2 Å². The number of ether oxygens (including phenoxy) is 1. The molecule has 2 aromatic rings. The molecule has 3 rings (SSSR count). The van der Waals surface area contributed by atoms with Crippen LogP contribution in [0.4, 0.5) is 0 Å². The molecule has 1 aliphatic heterocycles. The van der Waals surface area contributed by atoms with Gasteiger partial charge in [0, 0.05) is 19.5 Å². The van der Waals surface area contributed by atoms with Crippen molar-refractivity contribution in [1.82, 2.24) is 15.0 Å². The summed E-state index contributed by atoms with van der Waals surface area (Å²) in [4.78, 5) is 18.6. The number of rotatable bonds is 5. The zero-order valence-electron chi connectivity index (χ0n) is 13.5. The molecule has 2 heterocycles. The van der Waals surface area contributed by atoms with E-state index >= 15 is 0 Å². The van der Waals surface area contributed by atoms with Crippen LogP contribution in [0, 0.1) is 6.92 Å². The average Bonchev–Trinajstić information content (AvgIpc) is 3.21. The molecule has 1 fully saturated rings. The standard InChI is InChI=1S/C17H21N3O3/c1-12-18-17(23-19-12)14-9-10-20(11-14)16(21)8-7-13-5-3-4-6-15(13)22-2/h3-6,14H,7-11H2,1-2H3/t14-/m0/s1. The highest BCUT2D eigenvalue weighted by molar-refractivity contribution is 5.77. The fourth-order valence-corrected chi connectivity index (χ4v) is 2.98. The number of likely N-dealkylation sites (tertiary alicyclic amines) is 1. The molecule has 6 heteroatoms. The van der Waals surface area contributed by atoms with Gasteiger partial charge >= 0.3 is 0 Å². The van der Waals surface area contributed by atoms with E-state index in [1.54, 1.807) is 14.0 Å². The van der Waals surface area contributed by atoms with E-state index in [1.165, 1.54) is 0 Å². The van der Waals surface area contributed by atoms with E-state index in [9.17, 15) is 4.79 Å². The maximum atomic E-state index is 12.4. The van der Waals surface area contributed by atoms with Gasteiger partial charge in [-0.2, -0.15) is 4.98 Å². The zero-order chi connectivity index (χ0) is 16.2. The minimum Gasteiger partial charge on any atom is -0.496 e. The lowest BCUT2D eigenvalue weighted by molar-refractivity contribution is -0.130. The van der Waals surface area contributed by atoms with Crippen molar-refractivity contribution in [3.63, 3.8) is 0 Å². The number of hydrogen-bond donors (Lipinski definition) is 0. The van der Waals surface area contributed by atoms with Gasteiger partial charge in [-0.1, -0.05) is 23.4 Å². The first-order chi connectivity index (χ1) is 11.2. The van der Waals surface area contributed by atoms with Crippen molar-refractivity contribution in [3.05, 3.63) is 41.5 Å². The third-order valence-electron chi connectivity index (χ3n) is 4.23. The summed E-state index contributed by atoms with van der Waals surface area (Å²) >= 11 is 0. The third-order valence-corrected chi connectivity index (χ3v) is 4.23. The van der Waals surface area contributed by atoms with Crippen LogP contribution in [0.5, 0.6) is 5.75 Å². The molecule has 0 radical (unpaired) electrons. The fourth-order valence-electron chi connectivity index (χ4n) is 2.98. The van der Waals surface area contributed by atoms with Gasteiger partial charge in [-0.05, 0) is 31.4 Å². The predicted octanol–water partition coefficient (Wildman–Crippen LogP) is 2.34. The number of aromatic nitrogens is 2. The van der Waals surface area contributed by atoms with Crippen molar-refractivity contribution >= 4 is 5.91 Å². The second-order valence-electron chi connectivity index (χ2n) is 5.82. The van der Waals surface area contributed by atoms with Crippen LogP contribution in [0.1, 0.15) is 36.0 Å². The normalized spacial score (nSPS) is 17.5. The quantitative estimate of drug-likeness (QED) is 0.847. The predicted molar refractivity (Wildman–Crippen MR) is 84.3 cm³/mol. The van der Waals surface area contributed by atoms with Gasteiger partial charge in [0.2, 0.25) is 11.8 Å². The van der Waals surface area contributed by atoms with E-state index in [-0.39, 0.29) is 11.8 Å². The van der Waals surface area contributed by atoms with Gasteiger partial charge in [0.15, 0.2) is 5.82 Å². The van der Waals surface area contributed by atoms with E-state index in [2.05, 4.69) is 10.1 Å². The van der Waals surface area contributed by atoms with E-state index < -0.39 is 0 Å². The third kappa shape index (κ3) is 3.52. The summed E-state index contributed by atoms with van der Waals surface area (Å²) in [5.41, 5.74) is 1.06. The molecule has 122 valence electrons. The van der Waals surface area contributed by atoms with Crippen LogP contribution in [0.15, 0.2) is 28.8 Å². The first-order valence-electron chi connectivity index (χ1n) is 7.87. The first-order valence-corrected chi connectivity index (χ1v) is 7.87. The Hall–Kier alpha value is -2.37. The van der Waals surface area contributed by atoms with Gasteiger partial charge in [-0.3, -0.25) is 4.79 Å². The van der Waals surface area contributed by atoms with Crippen molar-refractivity contribution in [2.75, 3.05) is 20.2 Å². The van der Waals surface area contributed by atoms with Crippen LogP contribution in [-0.2, 0) is 11.2 Å². The number of methoxy groups -OCH3 is 1. The molecule has 0 bridgehead atoms. The molecule has 0 N–H and O–H groups in total. The van der Waals surface area contributed by atoms with Crippen LogP contribution in [0.3, 0.4) is 0 Å². The number of nitrogens with zero attached hydrogens (tertiary/aromatic N) is 3. The highest BCUT2D eigenvalue weighted by atomic mass is 16.5. The summed E-state index contributed by atoms with van der Waals surface area (Å²) in [6, 6.07) is 7.82. The number of benzene rings is 1. The van der Waals surface area contributed by atoms with E-state index in [0.717, 1.165) is 24.3 Å². The maximum Gasteiger partial charge on any atom is 0.231 e. The van der Waals surface area contributed by atoms with Crippen molar-refractivity contribution in [1.29, 1.82) is 0 Å². The molecule has 1 amide bonds. The SMILES string of the molecule is COc1ccccc1CCC(=O)N1CC[C@H](c2nc(C)no2)C1. The Balaban J connectivity index is 1.55. The summed E-state index contributed by atoms with van der Waals surface area (Å²) in [6.45, 7) is 3.21. The van der Waals surface area contributed by atoms with Crippen LogP contribution in [-0.4, -0.2) is 41.1 Å². The van der Waals surface area contributed by atoms with Crippen LogP contribution in [0.2, 0.25) is 0 Å². The fraction of sp³-hybridized carbons (Fsp3) is 0.471. The lowest BCUT2D eigenvalue weighted by Crippen LogP contribution is -2.28. The summed E-state index contributed by atoms with van der Waals surface area (Å²) < 4.78 is 10.5. The Morgan fingerprint density at radius 1 is 1.43 bits per heavy atom. The van der Waals surface area contributed by atoms with Crippen LogP contribution in [0.25, 0.3) is 0 Å². The molecule has 1 saturated heterocycles. The summed E-state index contributed by atoms with van der Waals surface area (Å²) in [5.74, 6) is 2.44. The number of aryl methyl sites for hydroxylation is 2. The lowest BCUT2D eigenvalue weighted by atomic mass is 10.1. The van der Waals surface area contributed by atoms with Gasteiger partial charge in [0.1, 0.15) is 5.75 Å². The minimum absolute atomic E-state index is 0.159. The first kappa shape index (κ1) is 15.5.